The van der Waals surface area contributed by atoms with E-state index in [1.165, 1.54) is 0 Å². The second-order valence-corrected chi connectivity index (χ2v) is 3.47. The molecule has 0 fully saturated rings. The second-order valence-electron chi connectivity index (χ2n) is 3.47. The van der Waals surface area contributed by atoms with E-state index in [4.69, 9.17) is 5.48 Å². The Hall–Kier alpha value is -0.980. The monoisotopic (exact) mass is 154 g/mol. The highest BCUT2D eigenvalue weighted by atomic mass is 16.3. The summed E-state index contributed by atoms with van der Waals surface area (Å²) in [5.74, 6) is -0.585. The summed E-state index contributed by atoms with van der Waals surface area (Å²) >= 11 is 0. The fraction of sp³-hybridized carbons (Fsp3) is 0.400. The molecule has 1 heteroatoms. The summed E-state index contributed by atoms with van der Waals surface area (Å²) in [7, 11) is 0. The first-order valence-corrected chi connectivity index (χ1v) is 3.47. The summed E-state index contributed by atoms with van der Waals surface area (Å²) in [6.07, 6.45) is 0. The molecule has 0 atom stereocenters. The van der Waals surface area contributed by atoms with E-state index in [1.54, 1.807) is 0 Å². The highest BCUT2D eigenvalue weighted by Gasteiger charge is 2.12. The van der Waals surface area contributed by atoms with Gasteiger partial charge in [0.2, 0.25) is 0 Å². The number of rotatable bonds is 0. The smallest absolute Gasteiger partial charge is 0.115 e. The third kappa shape index (κ3) is 1.97. The van der Waals surface area contributed by atoms with Crippen molar-refractivity contribution in [3.8, 4) is 5.75 Å². The van der Waals surface area contributed by atoms with Gasteiger partial charge in [-0.3, -0.25) is 0 Å². The highest BCUT2D eigenvalue weighted by molar-refractivity contribution is 5.29. The van der Waals surface area contributed by atoms with E-state index in [0.717, 1.165) is 0 Å². The molecule has 0 aliphatic heterocycles. The summed E-state index contributed by atoms with van der Waals surface area (Å²) in [5, 5.41) is 9.34. The van der Waals surface area contributed by atoms with E-state index in [9.17, 15) is 5.11 Å². The minimum absolute atomic E-state index is 0.166. The topological polar surface area (TPSA) is 20.2 Å². The fourth-order valence-electron chi connectivity index (χ4n) is 0.681. The van der Waals surface area contributed by atoms with Crippen molar-refractivity contribution in [2.75, 3.05) is 0 Å². The SMILES string of the molecule is [2H]c1c([2H])c(C(C)(C)C)c([2H])c([2H])c1O. The molecule has 0 radical (unpaired) electrons. The van der Waals surface area contributed by atoms with Gasteiger partial charge in [0.1, 0.15) is 5.75 Å². The van der Waals surface area contributed by atoms with Crippen molar-refractivity contribution < 1.29 is 10.6 Å². The third-order valence-electron chi connectivity index (χ3n) is 1.36. The van der Waals surface area contributed by atoms with E-state index in [0.29, 0.717) is 5.56 Å². The van der Waals surface area contributed by atoms with Crippen LogP contribution < -0.4 is 0 Å². The van der Waals surface area contributed by atoms with Crippen molar-refractivity contribution >= 4 is 0 Å². The molecule has 0 heterocycles. The number of hydrogen-bond donors (Lipinski definition) is 1. The van der Waals surface area contributed by atoms with Crippen molar-refractivity contribution in [2.24, 2.45) is 0 Å². The molecule has 0 aliphatic rings. The Labute approximate surface area is 73.3 Å². The van der Waals surface area contributed by atoms with E-state index in [2.05, 4.69) is 0 Å². The van der Waals surface area contributed by atoms with Crippen molar-refractivity contribution in [3.05, 3.63) is 29.7 Å². The zero-order valence-electron chi connectivity index (χ0n) is 10.9. The van der Waals surface area contributed by atoms with Gasteiger partial charge in [-0.1, -0.05) is 32.9 Å². The van der Waals surface area contributed by atoms with Gasteiger partial charge in [-0.15, -0.1) is 0 Å². The van der Waals surface area contributed by atoms with Crippen LogP contribution in [0.5, 0.6) is 5.75 Å². The van der Waals surface area contributed by atoms with Gasteiger partial charge in [-0.2, -0.15) is 0 Å². The Balaban J connectivity index is 3.68. The van der Waals surface area contributed by atoms with Gasteiger partial charge >= 0.3 is 0 Å². The molecule has 0 aromatic heterocycles. The van der Waals surface area contributed by atoms with Crippen LogP contribution in [0.3, 0.4) is 0 Å². The van der Waals surface area contributed by atoms with E-state index in [1.807, 2.05) is 20.8 Å². The van der Waals surface area contributed by atoms with Crippen LogP contribution in [0.2, 0.25) is 0 Å². The number of aromatic hydroxyl groups is 1. The number of benzene rings is 1. The van der Waals surface area contributed by atoms with Gasteiger partial charge in [0.25, 0.3) is 0 Å². The van der Waals surface area contributed by atoms with Gasteiger partial charge in [-0.05, 0) is 23.1 Å². The van der Waals surface area contributed by atoms with E-state index in [-0.39, 0.29) is 24.2 Å². The molecule has 0 unspecified atom stereocenters. The first-order valence-electron chi connectivity index (χ1n) is 5.47. The van der Waals surface area contributed by atoms with Crippen LogP contribution in [0.25, 0.3) is 0 Å². The summed E-state index contributed by atoms with van der Waals surface area (Å²) in [6.45, 7) is 5.44. The molecule has 11 heavy (non-hydrogen) atoms. The lowest BCUT2D eigenvalue weighted by Crippen LogP contribution is -2.10. The molecule has 0 aliphatic carbocycles. The number of phenolic OH excluding ortho intramolecular Hbond substituents is 1. The third-order valence-corrected chi connectivity index (χ3v) is 1.36. The highest BCUT2D eigenvalue weighted by Crippen LogP contribution is 2.23. The Kier molecular flexibility index (Phi) is 0.970. The van der Waals surface area contributed by atoms with Crippen LogP contribution in [0.15, 0.2) is 24.2 Å². The van der Waals surface area contributed by atoms with E-state index >= 15 is 0 Å². The molecule has 0 bridgehead atoms. The number of hydrogen-bond acceptors (Lipinski definition) is 1. The van der Waals surface area contributed by atoms with Crippen LogP contribution in [0.1, 0.15) is 31.8 Å². The normalized spacial score (nSPS) is 16.6. The maximum atomic E-state index is 9.34. The Morgan fingerprint density at radius 1 is 1.18 bits per heavy atom. The molecule has 1 N–H and O–H groups in total. The molecule has 1 nitrogen and oxygen atoms in total. The standard InChI is InChI=1S/C10H14O/c1-10(2,3)8-4-6-9(11)7-5-8/h4-7,11H,1-3H3/i4D,5D,6D,7D. The van der Waals surface area contributed by atoms with Crippen LogP contribution in [-0.4, -0.2) is 5.11 Å². The van der Waals surface area contributed by atoms with Gasteiger partial charge in [0.15, 0.2) is 0 Å². The Morgan fingerprint density at radius 2 is 1.64 bits per heavy atom. The van der Waals surface area contributed by atoms with Crippen LogP contribution in [0, 0.1) is 0 Å². The average Bonchev–Trinajstić information content (AvgIpc) is 2.09. The number of phenols is 1. The fourth-order valence-corrected chi connectivity index (χ4v) is 0.681. The minimum atomic E-state index is -0.585. The van der Waals surface area contributed by atoms with Gasteiger partial charge < -0.3 is 5.11 Å². The van der Waals surface area contributed by atoms with Gasteiger partial charge in [0.05, 0.1) is 5.48 Å². The largest absolute Gasteiger partial charge is 0.508 e. The summed E-state index contributed by atoms with van der Waals surface area (Å²) in [4.78, 5) is 0. The van der Waals surface area contributed by atoms with Crippen molar-refractivity contribution in [2.45, 2.75) is 26.2 Å². The van der Waals surface area contributed by atoms with Gasteiger partial charge in [0, 0.05) is 0 Å². The predicted octanol–water partition coefficient (Wildman–Crippen LogP) is 2.69. The van der Waals surface area contributed by atoms with E-state index < -0.39 is 11.2 Å². The quantitative estimate of drug-likeness (QED) is 0.609. The minimum Gasteiger partial charge on any atom is -0.508 e. The lowest BCUT2D eigenvalue weighted by atomic mass is 9.87. The van der Waals surface area contributed by atoms with Crippen molar-refractivity contribution in [3.63, 3.8) is 0 Å². The molecule has 0 spiro atoms. The molecule has 0 amide bonds. The van der Waals surface area contributed by atoms with Crippen molar-refractivity contribution in [1.29, 1.82) is 0 Å². The molecular weight excluding hydrogens is 136 g/mol. The molecule has 0 saturated carbocycles. The molecule has 60 valence electrons. The summed E-state index contributed by atoms with van der Waals surface area (Å²) < 4.78 is 30.3. The summed E-state index contributed by atoms with van der Waals surface area (Å²) in [6, 6.07) is -1.08. The summed E-state index contributed by atoms with van der Waals surface area (Å²) in [5.41, 5.74) is -0.150. The first-order chi connectivity index (χ1) is 6.68. The van der Waals surface area contributed by atoms with Crippen LogP contribution in [0.4, 0.5) is 0 Å². The first kappa shape index (κ1) is 4.15. The lowest BCUT2D eigenvalue weighted by molar-refractivity contribution is 0.474. The maximum Gasteiger partial charge on any atom is 0.115 e. The maximum absolute atomic E-state index is 9.34. The zero-order valence-corrected chi connectivity index (χ0v) is 6.95. The van der Waals surface area contributed by atoms with Crippen molar-refractivity contribution in [1.82, 2.24) is 0 Å². The molecule has 1 aromatic carbocycles. The second kappa shape index (κ2) is 2.57. The molecule has 0 saturated heterocycles. The molecule has 1 aromatic rings. The van der Waals surface area contributed by atoms with Crippen LogP contribution >= 0.6 is 0 Å². The molecular formula is C10H14O. The molecule has 1 rings (SSSR count). The Bertz CT molecular complexity index is 378. The average molecular weight is 154 g/mol. The lowest BCUT2D eigenvalue weighted by Gasteiger charge is -2.18. The van der Waals surface area contributed by atoms with Gasteiger partial charge in [-0.25, -0.2) is 0 Å². The zero-order chi connectivity index (χ0) is 12.0. The van der Waals surface area contributed by atoms with Crippen LogP contribution in [-0.2, 0) is 5.41 Å². The predicted molar refractivity (Wildman–Crippen MR) is 46.8 cm³/mol. The Morgan fingerprint density at radius 3 is 2.00 bits per heavy atom.